The van der Waals surface area contributed by atoms with Crippen molar-refractivity contribution in [2.75, 3.05) is 10.6 Å². The lowest BCUT2D eigenvalue weighted by Crippen LogP contribution is -2.13. The predicted molar refractivity (Wildman–Crippen MR) is 105 cm³/mol. The molecule has 132 valence electrons. The first kappa shape index (κ1) is 18.1. The van der Waals surface area contributed by atoms with Crippen molar-refractivity contribution in [2.45, 2.75) is 12.8 Å². The standard InChI is InChI=1S/C19H16ClN3O2S/c20-14-7-4-8-15(11-14)21-17(24)10-9-16-12-26-19(22-16)23-18(25)13-5-2-1-3-6-13/h1-8,11-12H,9-10H2,(H,21,24)(H,22,23,25). The molecule has 0 aliphatic carbocycles. The van der Waals surface area contributed by atoms with Crippen LogP contribution in [-0.2, 0) is 11.2 Å². The maximum absolute atomic E-state index is 12.1. The van der Waals surface area contributed by atoms with Crippen LogP contribution in [0.1, 0.15) is 22.5 Å². The van der Waals surface area contributed by atoms with Crippen LogP contribution in [0.15, 0.2) is 60.0 Å². The number of nitrogens with zero attached hydrogens (tertiary/aromatic N) is 1. The number of hydrogen-bond donors (Lipinski definition) is 2. The lowest BCUT2D eigenvalue weighted by Gasteiger charge is -2.04. The summed E-state index contributed by atoms with van der Waals surface area (Å²) in [4.78, 5) is 28.5. The van der Waals surface area contributed by atoms with Crippen LogP contribution in [0.5, 0.6) is 0 Å². The minimum Gasteiger partial charge on any atom is -0.326 e. The third-order valence-corrected chi connectivity index (χ3v) is 4.57. The molecular weight excluding hydrogens is 370 g/mol. The van der Waals surface area contributed by atoms with E-state index in [1.807, 2.05) is 11.4 Å². The van der Waals surface area contributed by atoms with Crippen LogP contribution in [0.2, 0.25) is 5.02 Å². The number of aromatic nitrogens is 1. The van der Waals surface area contributed by atoms with Crippen molar-refractivity contribution in [1.82, 2.24) is 4.98 Å². The number of hydrogen-bond acceptors (Lipinski definition) is 4. The van der Waals surface area contributed by atoms with Crippen molar-refractivity contribution in [3.05, 3.63) is 76.3 Å². The Balaban J connectivity index is 1.50. The van der Waals surface area contributed by atoms with Gasteiger partial charge in [-0.05, 0) is 36.8 Å². The Labute approximate surface area is 160 Å². The largest absolute Gasteiger partial charge is 0.326 e. The van der Waals surface area contributed by atoms with Gasteiger partial charge in [0.2, 0.25) is 5.91 Å². The van der Waals surface area contributed by atoms with Gasteiger partial charge in [0.25, 0.3) is 5.91 Å². The quantitative estimate of drug-likeness (QED) is 0.650. The SMILES string of the molecule is O=C(CCc1csc(NC(=O)c2ccccc2)n1)Nc1cccc(Cl)c1. The zero-order valence-electron chi connectivity index (χ0n) is 13.7. The number of aryl methyl sites for hydroxylation is 1. The number of halogens is 1. The van der Waals surface area contributed by atoms with E-state index in [9.17, 15) is 9.59 Å². The van der Waals surface area contributed by atoms with Crippen molar-refractivity contribution in [1.29, 1.82) is 0 Å². The number of nitrogens with one attached hydrogen (secondary N) is 2. The monoisotopic (exact) mass is 385 g/mol. The van der Waals surface area contributed by atoms with Gasteiger partial charge in [-0.1, -0.05) is 35.9 Å². The Morgan fingerprint density at radius 1 is 1.04 bits per heavy atom. The average Bonchev–Trinajstić information content (AvgIpc) is 3.08. The normalized spacial score (nSPS) is 10.3. The Hall–Kier alpha value is -2.70. The number of rotatable bonds is 6. The summed E-state index contributed by atoms with van der Waals surface area (Å²) in [6.45, 7) is 0. The molecule has 0 saturated heterocycles. The van der Waals surface area contributed by atoms with Gasteiger partial charge in [0.1, 0.15) is 0 Å². The number of anilines is 2. The second kappa shape index (κ2) is 8.60. The van der Waals surface area contributed by atoms with Gasteiger partial charge in [0.05, 0.1) is 5.69 Å². The Morgan fingerprint density at radius 3 is 2.62 bits per heavy atom. The third-order valence-electron chi connectivity index (χ3n) is 3.52. The Kier molecular flexibility index (Phi) is 5.99. The summed E-state index contributed by atoms with van der Waals surface area (Å²) >= 11 is 7.23. The van der Waals surface area contributed by atoms with E-state index in [0.717, 1.165) is 5.69 Å². The summed E-state index contributed by atoms with van der Waals surface area (Å²) in [5.74, 6) is -0.319. The summed E-state index contributed by atoms with van der Waals surface area (Å²) in [6.07, 6.45) is 0.784. The van der Waals surface area contributed by atoms with Crippen LogP contribution in [0.4, 0.5) is 10.8 Å². The van der Waals surface area contributed by atoms with E-state index in [0.29, 0.717) is 34.2 Å². The van der Waals surface area contributed by atoms with Gasteiger partial charge in [-0.25, -0.2) is 4.98 Å². The van der Waals surface area contributed by atoms with E-state index in [2.05, 4.69) is 15.6 Å². The maximum atomic E-state index is 12.1. The zero-order chi connectivity index (χ0) is 18.4. The zero-order valence-corrected chi connectivity index (χ0v) is 15.3. The van der Waals surface area contributed by atoms with Crippen LogP contribution >= 0.6 is 22.9 Å². The van der Waals surface area contributed by atoms with E-state index in [1.165, 1.54) is 11.3 Å². The number of benzene rings is 2. The molecule has 0 unspecified atom stereocenters. The molecule has 0 spiro atoms. The molecule has 1 aromatic heterocycles. The van der Waals surface area contributed by atoms with Crippen molar-refractivity contribution in [3.8, 4) is 0 Å². The molecule has 0 atom stereocenters. The first-order valence-electron chi connectivity index (χ1n) is 7.96. The smallest absolute Gasteiger partial charge is 0.257 e. The lowest BCUT2D eigenvalue weighted by molar-refractivity contribution is -0.116. The van der Waals surface area contributed by atoms with Crippen LogP contribution in [0.3, 0.4) is 0 Å². The number of thiazole rings is 1. The first-order valence-corrected chi connectivity index (χ1v) is 9.22. The van der Waals surface area contributed by atoms with Crippen molar-refractivity contribution >= 4 is 45.6 Å². The highest BCUT2D eigenvalue weighted by atomic mass is 35.5. The third kappa shape index (κ3) is 5.15. The minimum absolute atomic E-state index is 0.116. The lowest BCUT2D eigenvalue weighted by atomic mass is 10.2. The first-order chi connectivity index (χ1) is 12.6. The highest BCUT2D eigenvalue weighted by Gasteiger charge is 2.10. The highest BCUT2D eigenvalue weighted by Crippen LogP contribution is 2.18. The molecule has 0 aliphatic rings. The summed E-state index contributed by atoms with van der Waals surface area (Å²) in [7, 11) is 0. The van der Waals surface area contributed by atoms with E-state index in [4.69, 9.17) is 11.6 Å². The van der Waals surface area contributed by atoms with Crippen molar-refractivity contribution in [2.24, 2.45) is 0 Å². The summed E-state index contributed by atoms with van der Waals surface area (Å²) in [5, 5.41) is 8.49. The van der Waals surface area contributed by atoms with Gasteiger partial charge < -0.3 is 5.32 Å². The maximum Gasteiger partial charge on any atom is 0.257 e. The summed E-state index contributed by atoms with van der Waals surface area (Å²) < 4.78 is 0. The molecular formula is C19H16ClN3O2S. The van der Waals surface area contributed by atoms with Crippen LogP contribution in [0, 0.1) is 0 Å². The van der Waals surface area contributed by atoms with E-state index < -0.39 is 0 Å². The van der Waals surface area contributed by atoms with Gasteiger partial charge in [-0.15, -0.1) is 11.3 Å². The molecule has 7 heteroatoms. The topological polar surface area (TPSA) is 71.1 Å². The molecule has 3 rings (SSSR count). The van der Waals surface area contributed by atoms with Crippen molar-refractivity contribution in [3.63, 3.8) is 0 Å². The molecule has 5 nitrogen and oxygen atoms in total. The summed E-state index contributed by atoms with van der Waals surface area (Å²) in [6, 6.07) is 15.9. The molecule has 2 N–H and O–H groups in total. The molecule has 0 saturated carbocycles. The fourth-order valence-corrected chi connectivity index (χ4v) is 3.20. The second-order valence-corrected chi connectivity index (χ2v) is 6.82. The number of amides is 2. The second-order valence-electron chi connectivity index (χ2n) is 5.52. The van der Waals surface area contributed by atoms with Crippen LogP contribution in [-0.4, -0.2) is 16.8 Å². The fourth-order valence-electron chi connectivity index (χ4n) is 2.27. The van der Waals surface area contributed by atoms with Crippen LogP contribution in [0.25, 0.3) is 0 Å². The van der Waals surface area contributed by atoms with Gasteiger partial charge >= 0.3 is 0 Å². The molecule has 0 fully saturated rings. The average molecular weight is 386 g/mol. The Bertz CT molecular complexity index is 912. The van der Waals surface area contributed by atoms with E-state index in [1.54, 1.807) is 48.5 Å². The molecule has 26 heavy (non-hydrogen) atoms. The Morgan fingerprint density at radius 2 is 1.85 bits per heavy atom. The molecule has 0 radical (unpaired) electrons. The van der Waals surface area contributed by atoms with Gasteiger partial charge in [0, 0.05) is 28.1 Å². The number of carbonyl (C=O) groups excluding carboxylic acids is 2. The molecule has 2 amide bonds. The van der Waals surface area contributed by atoms with Gasteiger partial charge in [-0.2, -0.15) is 0 Å². The van der Waals surface area contributed by atoms with Crippen molar-refractivity contribution < 1.29 is 9.59 Å². The fraction of sp³-hybridized carbons (Fsp3) is 0.105. The van der Waals surface area contributed by atoms with Gasteiger partial charge in [-0.3, -0.25) is 14.9 Å². The number of carbonyl (C=O) groups is 2. The molecule has 0 bridgehead atoms. The minimum atomic E-state index is -0.204. The van der Waals surface area contributed by atoms with E-state index >= 15 is 0 Å². The molecule has 3 aromatic rings. The van der Waals surface area contributed by atoms with E-state index in [-0.39, 0.29) is 11.8 Å². The predicted octanol–water partition coefficient (Wildman–Crippen LogP) is 4.62. The summed E-state index contributed by atoms with van der Waals surface area (Å²) in [5.41, 5.74) is 2.00. The molecule has 0 aliphatic heterocycles. The highest BCUT2D eigenvalue weighted by molar-refractivity contribution is 7.14. The molecule has 1 heterocycles. The molecule has 2 aromatic carbocycles. The van der Waals surface area contributed by atoms with Crippen LogP contribution < -0.4 is 10.6 Å². The van der Waals surface area contributed by atoms with Gasteiger partial charge in [0.15, 0.2) is 5.13 Å².